The van der Waals surface area contributed by atoms with Crippen LogP contribution in [0, 0.1) is 13.8 Å². The highest BCUT2D eigenvalue weighted by Crippen LogP contribution is 2.27. The van der Waals surface area contributed by atoms with Crippen molar-refractivity contribution in [3.63, 3.8) is 0 Å². The number of hydrogen-bond donors (Lipinski definition) is 2. The summed E-state index contributed by atoms with van der Waals surface area (Å²) in [5.41, 5.74) is 7.73. The molecule has 0 radical (unpaired) electrons. The van der Waals surface area contributed by atoms with Crippen molar-refractivity contribution in [3.8, 4) is 5.69 Å². The van der Waals surface area contributed by atoms with Gasteiger partial charge in [0.05, 0.1) is 5.69 Å². The summed E-state index contributed by atoms with van der Waals surface area (Å²) in [6, 6.07) is 5.88. The Labute approximate surface area is 152 Å². The number of fused-ring (bicyclic) bond motifs is 2. The number of para-hydroxylation sites is 1. The Balaban J connectivity index is 0.000000229. The minimum absolute atomic E-state index is 0.143. The monoisotopic (exact) mass is 349 g/mol. The lowest BCUT2D eigenvalue weighted by Crippen LogP contribution is -2.29. The highest BCUT2D eigenvalue weighted by Gasteiger charge is 2.13. The molecule has 2 bridgehead atoms. The molecule has 0 unspecified atom stereocenters. The number of rotatable bonds is 3. The smallest absolute Gasteiger partial charge is 0.292 e. The van der Waals surface area contributed by atoms with E-state index in [0.29, 0.717) is 12.2 Å². The average Bonchev–Trinajstić information content (AvgIpc) is 3.28. The van der Waals surface area contributed by atoms with Crippen molar-refractivity contribution in [2.75, 3.05) is 5.43 Å². The summed E-state index contributed by atoms with van der Waals surface area (Å²) < 4.78 is 1.55. The Morgan fingerprint density at radius 3 is 2.15 bits per heavy atom. The van der Waals surface area contributed by atoms with E-state index in [4.69, 9.17) is 5.84 Å². The average molecular weight is 349 g/mol. The van der Waals surface area contributed by atoms with Crippen molar-refractivity contribution in [2.24, 2.45) is 5.84 Å². The molecule has 2 aromatic rings. The number of nitrogens with two attached hydrogens (primary N) is 1. The quantitative estimate of drug-likeness (QED) is 0.657. The van der Waals surface area contributed by atoms with E-state index < -0.39 is 0 Å². The number of nitrogen functional groups attached to an aromatic ring is 1. The van der Waals surface area contributed by atoms with E-state index in [1.165, 1.54) is 17.6 Å². The zero-order chi connectivity index (χ0) is 18.7. The Kier molecular flexibility index (Phi) is 5.14. The molecule has 0 saturated heterocycles. The first-order valence-electron chi connectivity index (χ1n) is 8.64. The molecule has 1 aromatic heterocycles. The molecule has 4 rings (SSSR count). The molecule has 0 atom stereocenters. The van der Waals surface area contributed by atoms with Crippen LogP contribution < -0.4 is 17.0 Å². The summed E-state index contributed by atoms with van der Waals surface area (Å²) in [5.74, 6) is 6.04. The summed E-state index contributed by atoms with van der Waals surface area (Å²) in [6.07, 6.45) is 10.5. The molecule has 0 spiro atoms. The number of hydrazine groups is 1. The Bertz CT molecular complexity index is 942. The Hall–Kier alpha value is -2.99. The zero-order valence-electron chi connectivity index (χ0n) is 15.3. The maximum absolute atomic E-state index is 12.2. The second-order valence-corrected chi connectivity index (χ2v) is 6.31. The number of nitrogens with one attached hydrogen (secondary N) is 1. The van der Waals surface area contributed by atoms with Gasteiger partial charge >= 0.3 is 5.69 Å². The molecule has 134 valence electrons. The summed E-state index contributed by atoms with van der Waals surface area (Å²) >= 11 is 0. The van der Waals surface area contributed by atoms with Crippen molar-refractivity contribution in [2.45, 2.75) is 33.6 Å². The molecule has 6 heteroatoms. The van der Waals surface area contributed by atoms with E-state index in [2.05, 4.69) is 39.7 Å². The Morgan fingerprint density at radius 1 is 1.12 bits per heavy atom. The van der Waals surface area contributed by atoms with Gasteiger partial charge in [-0.1, -0.05) is 49.4 Å². The van der Waals surface area contributed by atoms with Crippen LogP contribution in [0.25, 0.3) is 5.69 Å². The molecule has 0 saturated carbocycles. The zero-order valence-corrected chi connectivity index (χ0v) is 15.3. The standard InChI is InChI=1S/C13H17N5O.C7H6/c1-4-10-15-12(17-14)16-13(19)18(10)11-8(2)6-5-7-9(11)3;1-2-7-4-3-6(1)5-7/h5-7H,4,14H2,1-3H3,(H,16,17,19);1-4H,5H2. The largest absolute Gasteiger partial charge is 0.356 e. The number of allylic oxidation sites excluding steroid dienone is 6. The summed E-state index contributed by atoms with van der Waals surface area (Å²) in [5, 5.41) is 0. The van der Waals surface area contributed by atoms with E-state index in [-0.39, 0.29) is 11.6 Å². The fourth-order valence-corrected chi connectivity index (χ4v) is 3.14. The Morgan fingerprint density at radius 2 is 1.73 bits per heavy atom. The SMILES string of the molecule is C1=CC2=CC=C1C2.CCc1nc(NN)nc(=O)n1-c1c(C)cccc1C. The predicted molar refractivity (Wildman–Crippen MR) is 104 cm³/mol. The molecule has 0 amide bonds. The molecular formula is C20H23N5O. The van der Waals surface area contributed by atoms with Gasteiger partial charge in [0.2, 0.25) is 5.95 Å². The maximum atomic E-state index is 12.2. The molecule has 2 aliphatic carbocycles. The third-order valence-corrected chi connectivity index (χ3v) is 4.43. The number of anilines is 1. The molecule has 2 aliphatic rings. The molecule has 1 aromatic carbocycles. The van der Waals surface area contributed by atoms with Crippen LogP contribution in [0.1, 0.15) is 30.3 Å². The van der Waals surface area contributed by atoms with Gasteiger partial charge in [-0.25, -0.2) is 15.2 Å². The van der Waals surface area contributed by atoms with Crippen LogP contribution >= 0.6 is 0 Å². The van der Waals surface area contributed by atoms with Gasteiger partial charge in [0.1, 0.15) is 5.82 Å². The van der Waals surface area contributed by atoms with Gasteiger partial charge in [-0.15, -0.1) is 0 Å². The van der Waals surface area contributed by atoms with Crippen LogP contribution in [0.3, 0.4) is 0 Å². The van der Waals surface area contributed by atoms with Crippen LogP contribution in [0.4, 0.5) is 5.95 Å². The van der Waals surface area contributed by atoms with E-state index >= 15 is 0 Å². The third-order valence-electron chi connectivity index (χ3n) is 4.43. The normalized spacial score (nSPS) is 13.8. The van der Waals surface area contributed by atoms with Gasteiger partial charge in [-0.2, -0.15) is 9.97 Å². The fraction of sp³-hybridized carbons (Fsp3) is 0.250. The van der Waals surface area contributed by atoms with Gasteiger partial charge in [-0.3, -0.25) is 5.43 Å². The number of benzene rings is 1. The van der Waals surface area contributed by atoms with Gasteiger partial charge in [0.15, 0.2) is 0 Å². The number of hydrogen-bond acceptors (Lipinski definition) is 5. The van der Waals surface area contributed by atoms with Crippen molar-refractivity contribution in [1.82, 2.24) is 14.5 Å². The van der Waals surface area contributed by atoms with Gasteiger partial charge in [0, 0.05) is 6.42 Å². The molecule has 3 N–H and O–H groups in total. The minimum Gasteiger partial charge on any atom is -0.292 e. The predicted octanol–water partition coefficient (Wildman–Crippen LogP) is 2.91. The molecule has 1 heterocycles. The summed E-state index contributed by atoms with van der Waals surface area (Å²) in [4.78, 5) is 20.3. The van der Waals surface area contributed by atoms with Crippen LogP contribution in [-0.2, 0) is 6.42 Å². The maximum Gasteiger partial charge on any atom is 0.356 e. The second kappa shape index (κ2) is 7.49. The topological polar surface area (TPSA) is 85.8 Å². The number of aryl methyl sites for hydroxylation is 3. The minimum atomic E-state index is -0.378. The number of nitrogens with zero attached hydrogens (tertiary/aromatic N) is 3. The van der Waals surface area contributed by atoms with Crippen LogP contribution in [0.5, 0.6) is 0 Å². The first-order chi connectivity index (χ1) is 12.5. The molecule has 26 heavy (non-hydrogen) atoms. The highest BCUT2D eigenvalue weighted by molar-refractivity contribution is 5.49. The lowest BCUT2D eigenvalue weighted by Gasteiger charge is -2.15. The molecule has 6 nitrogen and oxygen atoms in total. The van der Waals surface area contributed by atoms with E-state index in [1.807, 2.05) is 39.0 Å². The van der Waals surface area contributed by atoms with Crippen molar-refractivity contribution < 1.29 is 0 Å². The first-order valence-corrected chi connectivity index (χ1v) is 8.64. The van der Waals surface area contributed by atoms with E-state index in [1.54, 1.807) is 4.57 Å². The second-order valence-electron chi connectivity index (χ2n) is 6.31. The summed E-state index contributed by atoms with van der Waals surface area (Å²) in [6.45, 7) is 5.86. The summed E-state index contributed by atoms with van der Waals surface area (Å²) in [7, 11) is 0. The lowest BCUT2D eigenvalue weighted by molar-refractivity contribution is 0.763. The molecular weight excluding hydrogens is 326 g/mol. The van der Waals surface area contributed by atoms with Crippen molar-refractivity contribution >= 4 is 5.95 Å². The molecule has 0 aliphatic heterocycles. The van der Waals surface area contributed by atoms with Crippen LogP contribution in [0.2, 0.25) is 0 Å². The van der Waals surface area contributed by atoms with Crippen molar-refractivity contribution in [1.29, 1.82) is 0 Å². The highest BCUT2D eigenvalue weighted by atomic mass is 16.1. The van der Waals surface area contributed by atoms with Crippen LogP contribution in [0.15, 0.2) is 58.4 Å². The van der Waals surface area contributed by atoms with Gasteiger partial charge in [-0.05, 0) is 42.5 Å². The first kappa shape index (κ1) is 17.8. The third kappa shape index (κ3) is 3.50. The number of aromatic nitrogens is 3. The molecule has 0 fully saturated rings. The van der Waals surface area contributed by atoms with Gasteiger partial charge < -0.3 is 0 Å². The van der Waals surface area contributed by atoms with Crippen LogP contribution in [-0.4, -0.2) is 14.5 Å². The lowest BCUT2D eigenvalue weighted by atomic mass is 10.1. The van der Waals surface area contributed by atoms with Gasteiger partial charge in [0.25, 0.3) is 0 Å². The fourth-order valence-electron chi connectivity index (χ4n) is 3.14. The van der Waals surface area contributed by atoms with E-state index in [9.17, 15) is 4.79 Å². The van der Waals surface area contributed by atoms with E-state index in [0.717, 1.165) is 16.8 Å². The van der Waals surface area contributed by atoms with Crippen molar-refractivity contribution in [3.05, 3.63) is 81.1 Å².